The van der Waals surface area contributed by atoms with E-state index in [1.54, 1.807) is 0 Å². The van der Waals surface area contributed by atoms with E-state index in [-0.39, 0.29) is 5.60 Å². The number of thioether (sulfide) groups is 1. The average molecular weight is 194 g/mol. The first-order valence-corrected chi connectivity index (χ1v) is 5.56. The number of benzene rings is 1. The summed E-state index contributed by atoms with van der Waals surface area (Å²) in [5.74, 6) is 1.09. The third-order valence-corrected chi connectivity index (χ3v) is 3.76. The average Bonchev–Trinajstić information content (AvgIpc) is 2.97. The molecule has 1 aromatic rings. The Balaban J connectivity index is 1.86. The van der Waals surface area contributed by atoms with E-state index in [2.05, 4.69) is 24.3 Å². The molecule has 0 aliphatic heterocycles. The predicted octanol–water partition coefficient (Wildman–Crippen LogP) is 2.96. The van der Waals surface area contributed by atoms with Crippen molar-refractivity contribution in [3.63, 3.8) is 0 Å². The van der Waals surface area contributed by atoms with E-state index in [0.29, 0.717) is 0 Å². The molecule has 0 amide bonds. The van der Waals surface area contributed by atoms with Gasteiger partial charge >= 0.3 is 0 Å². The van der Waals surface area contributed by atoms with Gasteiger partial charge in [-0.2, -0.15) is 0 Å². The van der Waals surface area contributed by atoms with E-state index < -0.39 is 0 Å². The molecule has 0 bridgehead atoms. The van der Waals surface area contributed by atoms with Crippen molar-refractivity contribution in [2.45, 2.75) is 23.3 Å². The molecule has 2 rings (SSSR count). The lowest BCUT2D eigenvalue weighted by atomic mass is 10.4. The Labute approximate surface area is 83.5 Å². The van der Waals surface area contributed by atoms with Crippen molar-refractivity contribution >= 4 is 11.8 Å². The molecule has 0 saturated heterocycles. The van der Waals surface area contributed by atoms with E-state index in [0.717, 1.165) is 5.75 Å². The summed E-state index contributed by atoms with van der Waals surface area (Å²) in [5.41, 5.74) is 0.209. The maximum absolute atomic E-state index is 5.45. The van der Waals surface area contributed by atoms with Crippen LogP contribution < -0.4 is 0 Å². The summed E-state index contributed by atoms with van der Waals surface area (Å²) in [6, 6.07) is 10.5. The van der Waals surface area contributed by atoms with Crippen LogP contribution in [-0.4, -0.2) is 18.5 Å². The lowest BCUT2D eigenvalue weighted by Gasteiger charge is -2.11. The Hall–Kier alpha value is -0.470. The molecule has 1 aliphatic rings. The van der Waals surface area contributed by atoms with Gasteiger partial charge in [-0.1, -0.05) is 18.2 Å². The molecule has 70 valence electrons. The van der Waals surface area contributed by atoms with Gasteiger partial charge in [0.2, 0.25) is 0 Å². The lowest BCUT2D eigenvalue weighted by molar-refractivity contribution is 0.101. The smallest absolute Gasteiger partial charge is 0.0774 e. The molecular weight excluding hydrogens is 180 g/mol. The van der Waals surface area contributed by atoms with Crippen molar-refractivity contribution in [1.82, 2.24) is 0 Å². The summed E-state index contributed by atoms with van der Waals surface area (Å²) >= 11 is 1.89. The molecular formula is C11H14OS. The standard InChI is InChI=1S/C11H14OS/c1-12-11(7-8-11)9-13-10-5-3-2-4-6-10/h2-6H,7-9H2,1H3. The van der Waals surface area contributed by atoms with E-state index in [1.165, 1.54) is 17.7 Å². The van der Waals surface area contributed by atoms with Gasteiger partial charge < -0.3 is 4.74 Å². The van der Waals surface area contributed by atoms with Gasteiger partial charge in [-0.05, 0) is 25.0 Å². The van der Waals surface area contributed by atoms with Crippen molar-refractivity contribution in [2.75, 3.05) is 12.9 Å². The summed E-state index contributed by atoms with van der Waals surface area (Å²) < 4.78 is 5.45. The highest BCUT2D eigenvalue weighted by molar-refractivity contribution is 7.99. The lowest BCUT2D eigenvalue weighted by Crippen LogP contribution is -2.14. The first-order valence-electron chi connectivity index (χ1n) is 4.58. The van der Waals surface area contributed by atoms with E-state index in [1.807, 2.05) is 24.9 Å². The molecule has 1 aliphatic carbocycles. The minimum atomic E-state index is 0.209. The molecule has 0 radical (unpaired) electrons. The maximum atomic E-state index is 5.45. The number of hydrogen-bond donors (Lipinski definition) is 0. The fourth-order valence-electron chi connectivity index (χ4n) is 1.28. The Morgan fingerprint density at radius 1 is 1.31 bits per heavy atom. The molecule has 0 heterocycles. The van der Waals surface area contributed by atoms with Crippen molar-refractivity contribution in [3.05, 3.63) is 30.3 Å². The molecule has 1 nitrogen and oxygen atoms in total. The van der Waals surface area contributed by atoms with E-state index >= 15 is 0 Å². The monoisotopic (exact) mass is 194 g/mol. The molecule has 0 atom stereocenters. The molecule has 0 spiro atoms. The summed E-state index contributed by atoms with van der Waals surface area (Å²) in [6.45, 7) is 0. The van der Waals surface area contributed by atoms with Crippen LogP contribution in [0.5, 0.6) is 0 Å². The predicted molar refractivity (Wildman–Crippen MR) is 56.1 cm³/mol. The van der Waals surface area contributed by atoms with Gasteiger partial charge in [0.05, 0.1) is 5.60 Å². The molecule has 0 N–H and O–H groups in total. The van der Waals surface area contributed by atoms with Crippen molar-refractivity contribution in [1.29, 1.82) is 0 Å². The molecule has 2 heteroatoms. The Morgan fingerprint density at radius 3 is 2.54 bits per heavy atom. The van der Waals surface area contributed by atoms with Gasteiger partial charge in [-0.15, -0.1) is 11.8 Å². The number of methoxy groups -OCH3 is 1. The highest BCUT2D eigenvalue weighted by Gasteiger charge is 2.42. The molecule has 13 heavy (non-hydrogen) atoms. The van der Waals surface area contributed by atoms with Crippen LogP contribution in [0.25, 0.3) is 0 Å². The van der Waals surface area contributed by atoms with Crippen LogP contribution in [0.3, 0.4) is 0 Å². The summed E-state index contributed by atoms with van der Waals surface area (Å²) in [4.78, 5) is 1.34. The van der Waals surface area contributed by atoms with Crippen LogP contribution >= 0.6 is 11.8 Å². The zero-order chi connectivity index (χ0) is 9.15. The molecule has 1 saturated carbocycles. The third kappa shape index (κ3) is 2.26. The Kier molecular flexibility index (Phi) is 2.61. The van der Waals surface area contributed by atoms with Crippen molar-refractivity contribution in [2.24, 2.45) is 0 Å². The number of hydrogen-bond acceptors (Lipinski definition) is 2. The normalized spacial score (nSPS) is 18.5. The molecule has 0 aromatic heterocycles. The van der Waals surface area contributed by atoms with E-state index in [4.69, 9.17) is 4.74 Å². The van der Waals surface area contributed by atoms with E-state index in [9.17, 15) is 0 Å². The fourth-order valence-corrected chi connectivity index (χ4v) is 2.46. The SMILES string of the molecule is COC1(CSc2ccccc2)CC1. The first kappa shape index (κ1) is 9.10. The topological polar surface area (TPSA) is 9.23 Å². The van der Waals surface area contributed by atoms with Gasteiger partial charge in [0, 0.05) is 17.8 Å². The first-order chi connectivity index (χ1) is 6.35. The second kappa shape index (κ2) is 3.72. The van der Waals surface area contributed by atoms with Crippen LogP contribution in [0.2, 0.25) is 0 Å². The number of rotatable bonds is 4. The van der Waals surface area contributed by atoms with Crippen LogP contribution in [-0.2, 0) is 4.74 Å². The Bertz CT molecular complexity index is 267. The van der Waals surface area contributed by atoms with Crippen LogP contribution in [0.15, 0.2) is 35.2 Å². The molecule has 1 aromatic carbocycles. The third-order valence-electron chi connectivity index (χ3n) is 2.49. The summed E-state index contributed by atoms with van der Waals surface area (Å²) in [7, 11) is 1.82. The van der Waals surface area contributed by atoms with Crippen molar-refractivity contribution in [3.8, 4) is 0 Å². The van der Waals surface area contributed by atoms with Crippen LogP contribution in [0, 0.1) is 0 Å². The maximum Gasteiger partial charge on any atom is 0.0774 e. The van der Waals surface area contributed by atoms with Crippen LogP contribution in [0.4, 0.5) is 0 Å². The molecule has 1 fully saturated rings. The summed E-state index contributed by atoms with van der Waals surface area (Å²) in [5, 5.41) is 0. The summed E-state index contributed by atoms with van der Waals surface area (Å²) in [6.07, 6.45) is 2.45. The highest BCUT2D eigenvalue weighted by Crippen LogP contribution is 2.42. The minimum Gasteiger partial charge on any atom is -0.377 e. The fraction of sp³-hybridized carbons (Fsp3) is 0.455. The van der Waals surface area contributed by atoms with Gasteiger partial charge in [0.25, 0.3) is 0 Å². The van der Waals surface area contributed by atoms with Crippen LogP contribution in [0.1, 0.15) is 12.8 Å². The van der Waals surface area contributed by atoms with Crippen molar-refractivity contribution < 1.29 is 4.74 Å². The zero-order valence-corrected chi connectivity index (χ0v) is 8.64. The van der Waals surface area contributed by atoms with Gasteiger partial charge in [0.1, 0.15) is 0 Å². The second-order valence-corrected chi connectivity index (χ2v) is 4.54. The van der Waals surface area contributed by atoms with Gasteiger partial charge in [-0.25, -0.2) is 0 Å². The second-order valence-electron chi connectivity index (χ2n) is 3.49. The largest absolute Gasteiger partial charge is 0.377 e. The minimum absolute atomic E-state index is 0.209. The number of ether oxygens (including phenoxy) is 1. The molecule has 0 unspecified atom stereocenters. The zero-order valence-electron chi connectivity index (χ0n) is 7.82. The van der Waals surface area contributed by atoms with Gasteiger partial charge in [-0.3, -0.25) is 0 Å². The quantitative estimate of drug-likeness (QED) is 0.681. The van der Waals surface area contributed by atoms with Gasteiger partial charge in [0.15, 0.2) is 0 Å². The highest BCUT2D eigenvalue weighted by atomic mass is 32.2. The Morgan fingerprint density at radius 2 is 2.00 bits per heavy atom.